The average Bonchev–Trinajstić information content (AvgIpc) is 3.54. The molecular weight excluding hydrogens is 387 g/mol. The number of allylic oxidation sites excluding steroid dienone is 4. The number of fused-ring (bicyclic) bond motifs is 10. The first-order valence-electron chi connectivity index (χ1n) is 12.4. The molecule has 0 amide bonds. The third-order valence-electron chi connectivity index (χ3n) is 7.80. The largest absolute Gasteiger partial charge is 0.304 e. The molecule has 0 aromatic heterocycles. The third kappa shape index (κ3) is 6.62. The second-order valence-electron chi connectivity index (χ2n) is 8.92. The van der Waals surface area contributed by atoms with Gasteiger partial charge in [0.05, 0.1) is 0 Å². The molecule has 0 saturated heterocycles. The van der Waals surface area contributed by atoms with Crippen molar-refractivity contribution in [2.24, 2.45) is 47.3 Å². The van der Waals surface area contributed by atoms with Crippen molar-refractivity contribution in [2.75, 3.05) is 6.62 Å². The van der Waals surface area contributed by atoms with Crippen LogP contribution in [0.3, 0.4) is 0 Å². The summed E-state index contributed by atoms with van der Waals surface area (Å²) < 4.78 is 12.4. The van der Waals surface area contributed by atoms with Crippen LogP contribution in [0.5, 0.6) is 0 Å². The van der Waals surface area contributed by atoms with Gasteiger partial charge in [-0.25, -0.2) is 0 Å². The van der Waals surface area contributed by atoms with Crippen LogP contribution in [0.1, 0.15) is 82.8 Å². The molecule has 6 rings (SSSR count). The average molecular weight is 439 g/mol. The number of aldehydes is 2. The highest BCUT2D eigenvalue weighted by Gasteiger charge is 2.48. The second-order valence-corrected chi connectivity index (χ2v) is 8.92. The summed E-state index contributed by atoms with van der Waals surface area (Å²) in [6, 6.07) is 0. The fraction of sp³-hybridized carbons (Fsp3) is 0.778. The lowest BCUT2D eigenvalue weighted by molar-refractivity contribution is -0.106. The maximum absolute atomic E-state index is 8.81. The molecule has 0 N–H and O–H groups in total. The van der Waals surface area contributed by atoms with Crippen molar-refractivity contribution >= 4 is 21.8 Å². The minimum absolute atomic E-state index is 0. The Balaban J connectivity index is 0.000000414. The molecule has 0 heterocycles. The van der Waals surface area contributed by atoms with Crippen molar-refractivity contribution in [2.45, 2.75) is 80.1 Å². The van der Waals surface area contributed by atoms with Crippen molar-refractivity contribution in [3.63, 3.8) is 0 Å². The number of rotatable bonds is 0. The Morgan fingerprint density at radius 1 is 0.833 bits per heavy atom. The zero-order chi connectivity index (χ0) is 22.1. The van der Waals surface area contributed by atoms with Crippen LogP contribution in [0, 0.1) is 47.3 Å². The lowest BCUT2D eigenvalue weighted by Crippen LogP contribution is -2.15. The Morgan fingerprint density at radius 3 is 1.83 bits per heavy atom. The normalized spacial score (nSPS) is 39.5. The molecule has 6 aliphatic rings. The predicted molar refractivity (Wildman–Crippen MR) is 136 cm³/mol. The molecule has 174 valence electrons. The fourth-order valence-corrected chi connectivity index (χ4v) is 6.99. The number of carbonyl (C=O) groups excluding carboxylic acids is 2. The molecule has 4 fully saturated rings. The molecule has 2 nitrogen and oxygen atoms in total. The van der Waals surface area contributed by atoms with Gasteiger partial charge in [0, 0.05) is 2.74 Å². The molecule has 9 atom stereocenters. The smallest absolute Gasteiger partial charge is 0.116 e. The zero-order valence-corrected chi connectivity index (χ0v) is 18.9. The van der Waals surface area contributed by atoms with Crippen LogP contribution in [0.15, 0.2) is 24.3 Å². The summed E-state index contributed by atoms with van der Waals surface area (Å²) >= 11 is 0. The van der Waals surface area contributed by atoms with Gasteiger partial charge in [-0.05, 0) is 106 Å². The Hall–Kier alpha value is -0.750. The highest BCUT2D eigenvalue weighted by atomic mass is 31.0. The van der Waals surface area contributed by atoms with Gasteiger partial charge in [-0.15, -0.1) is 9.24 Å². The van der Waals surface area contributed by atoms with E-state index >= 15 is 0 Å². The molecular formula is C27H49O2P. The Bertz CT molecular complexity index is 567. The van der Waals surface area contributed by atoms with E-state index in [0.29, 0.717) is 0 Å². The Labute approximate surface area is 192 Å². The maximum Gasteiger partial charge on any atom is 0.116 e. The van der Waals surface area contributed by atoms with E-state index in [1.165, 1.54) is 50.4 Å². The molecule has 30 heavy (non-hydrogen) atoms. The van der Waals surface area contributed by atoms with Crippen LogP contribution in [0.2, 0.25) is 0 Å². The lowest BCUT2D eigenvalue weighted by atomic mass is 9.82. The summed E-state index contributed by atoms with van der Waals surface area (Å²) in [5, 5.41) is 0. The van der Waals surface area contributed by atoms with Crippen LogP contribution in [0.4, 0.5) is 0 Å². The molecule has 6 aliphatic carbocycles. The molecule has 0 spiro atoms. The first-order chi connectivity index (χ1) is 14.5. The van der Waals surface area contributed by atoms with Gasteiger partial charge < -0.3 is 9.59 Å². The first kappa shape index (κ1) is 25.5. The topological polar surface area (TPSA) is 34.1 Å². The van der Waals surface area contributed by atoms with Gasteiger partial charge >= 0.3 is 0 Å². The lowest BCUT2D eigenvalue weighted by Gasteiger charge is -2.23. The van der Waals surface area contributed by atoms with Gasteiger partial charge in [-0.3, -0.25) is 0 Å². The first-order valence-corrected chi connectivity index (χ1v) is 11.9. The van der Waals surface area contributed by atoms with E-state index in [1.54, 1.807) is 38.5 Å². The van der Waals surface area contributed by atoms with Gasteiger partial charge in [0.2, 0.25) is 0 Å². The van der Waals surface area contributed by atoms with E-state index in [-0.39, 0.29) is 14.9 Å². The monoisotopic (exact) mass is 438 g/mol. The summed E-state index contributed by atoms with van der Waals surface area (Å²) in [6.07, 6.45) is 23.5. The molecule has 0 aromatic carbocycles. The van der Waals surface area contributed by atoms with Gasteiger partial charge in [0.15, 0.2) is 0 Å². The quantitative estimate of drug-likeness (QED) is 0.224. The summed E-state index contributed by atoms with van der Waals surface area (Å²) in [5.41, 5.74) is 0. The van der Waals surface area contributed by atoms with Gasteiger partial charge in [-0.2, -0.15) is 0 Å². The highest BCUT2D eigenvalue weighted by Crippen LogP contribution is 2.58. The van der Waals surface area contributed by atoms with Crippen molar-refractivity contribution in [3.8, 4) is 0 Å². The summed E-state index contributed by atoms with van der Waals surface area (Å²) in [7, 11) is 1.99. The second kappa shape index (κ2) is 15.1. The minimum Gasteiger partial charge on any atom is -0.304 e. The number of hydrogen-bond acceptors (Lipinski definition) is 2. The third-order valence-corrected chi connectivity index (χ3v) is 7.80. The van der Waals surface area contributed by atoms with Crippen LogP contribution < -0.4 is 0 Å². The number of carbonyl (C=O) groups is 2. The minimum atomic E-state index is -0.750. The molecule has 4 saturated carbocycles. The van der Waals surface area contributed by atoms with Crippen molar-refractivity contribution in [1.82, 2.24) is 0 Å². The van der Waals surface area contributed by atoms with Crippen LogP contribution >= 0.6 is 9.24 Å². The van der Waals surface area contributed by atoms with Crippen molar-refractivity contribution < 1.29 is 12.3 Å². The zero-order valence-electron chi connectivity index (χ0n) is 19.7. The summed E-state index contributed by atoms with van der Waals surface area (Å²) in [4.78, 5) is 17.6. The predicted octanol–water partition coefficient (Wildman–Crippen LogP) is 7.39. The van der Waals surface area contributed by atoms with E-state index in [9.17, 15) is 0 Å². The van der Waals surface area contributed by atoms with Crippen LogP contribution in [-0.4, -0.2) is 19.2 Å². The molecule has 4 bridgehead atoms. The van der Waals surface area contributed by atoms with Gasteiger partial charge in [0.25, 0.3) is 0 Å². The Kier molecular flexibility index (Phi) is 12.9. The molecule has 0 radical (unpaired) electrons. The standard InChI is InChI=1S/C10H16.C10H12.2C2H4O.CH5P.2CH4/c2*1-2-9-7-4-5-8(6-7)10(9)3-1;2*1-2-3;1-2;;/h7-10H,1-6H2;1-2,4-5,7-10H,3,6H2;2*2H,1H3;2H2,1H3;2*1H4/i;;;;1D2;;. The van der Waals surface area contributed by atoms with E-state index in [0.717, 1.165) is 36.2 Å². The summed E-state index contributed by atoms with van der Waals surface area (Å²) in [6.45, 7) is 2.14. The molecule has 0 aliphatic heterocycles. The maximum atomic E-state index is 8.81. The van der Waals surface area contributed by atoms with Crippen LogP contribution in [0.25, 0.3) is 0 Å². The molecule has 9 unspecified atom stereocenters. The summed E-state index contributed by atoms with van der Waals surface area (Å²) in [5.74, 6) is 8.62. The van der Waals surface area contributed by atoms with E-state index in [4.69, 9.17) is 12.3 Å². The van der Waals surface area contributed by atoms with Crippen molar-refractivity contribution in [1.29, 1.82) is 0 Å². The van der Waals surface area contributed by atoms with Crippen molar-refractivity contribution in [3.05, 3.63) is 24.3 Å². The fourth-order valence-electron chi connectivity index (χ4n) is 6.99. The van der Waals surface area contributed by atoms with E-state index in [2.05, 4.69) is 24.3 Å². The van der Waals surface area contributed by atoms with E-state index in [1.807, 2.05) is 9.24 Å². The van der Waals surface area contributed by atoms with E-state index < -0.39 is 6.62 Å². The Morgan fingerprint density at radius 2 is 1.33 bits per heavy atom. The molecule has 0 aromatic rings. The molecule has 3 heteroatoms. The van der Waals surface area contributed by atoms with Gasteiger partial charge in [-0.1, -0.05) is 52.2 Å². The van der Waals surface area contributed by atoms with Gasteiger partial charge in [0.1, 0.15) is 12.6 Å². The SMILES string of the molecule is C.C.C1=CC2C3C=CC(C3)C2C1.C1CC2C3CCC(C3)C2C1.CC=O.CC=O.[2H]C([2H])P. The van der Waals surface area contributed by atoms with Crippen LogP contribution in [-0.2, 0) is 9.59 Å². The number of hydrogen-bond donors (Lipinski definition) is 0. The highest BCUT2D eigenvalue weighted by molar-refractivity contribution is 7.15.